The van der Waals surface area contributed by atoms with Gasteiger partial charge >= 0.3 is 7.67 Å². The van der Waals surface area contributed by atoms with E-state index in [1.54, 1.807) is 0 Å². The summed E-state index contributed by atoms with van der Waals surface area (Å²) in [5.74, 6) is -6.33. The van der Waals surface area contributed by atoms with Crippen molar-refractivity contribution in [2.24, 2.45) is 0 Å². The Labute approximate surface area is 113 Å². The van der Waals surface area contributed by atoms with E-state index in [1.165, 1.54) is 0 Å². The SMILES string of the molecule is [2H]N1C([2H])([2H])C([2H])([2H])C([2H])([2H])OP1(=O)N(CC([2H])([2H])Cl)C([2H])([2H])C([2H])([2H])Cl. The molecule has 14 heavy (non-hydrogen) atoms. The van der Waals surface area contributed by atoms with Gasteiger partial charge in [0.05, 0.1) is 9.30 Å². The largest absolute Gasteiger partial charge is 0.343 e. The summed E-state index contributed by atoms with van der Waals surface area (Å²) >= 11 is 10.7. The summed E-state index contributed by atoms with van der Waals surface area (Å²) < 4.78 is 116. The van der Waals surface area contributed by atoms with Crippen molar-refractivity contribution in [3.05, 3.63) is 0 Å². The lowest BCUT2D eigenvalue weighted by Crippen LogP contribution is -2.35. The molecule has 1 aliphatic heterocycles. The van der Waals surface area contributed by atoms with Gasteiger partial charge in [0.1, 0.15) is 1.41 Å². The Morgan fingerprint density at radius 2 is 2.50 bits per heavy atom. The first-order valence-electron chi connectivity index (χ1n) is 9.66. The van der Waals surface area contributed by atoms with E-state index in [2.05, 4.69) is 4.52 Å². The van der Waals surface area contributed by atoms with Gasteiger partial charge in [0.15, 0.2) is 0 Å². The van der Waals surface area contributed by atoms with Gasteiger partial charge in [-0.2, -0.15) is 0 Å². The van der Waals surface area contributed by atoms with Crippen LogP contribution in [0.15, 0.2) is 0 Å². The van der Waals surface area contributed by atoms with Gasteiger partial charge in [-0.1, -0.05) is 0 Å². The zero-order chi connectivity index (χ0) is 22.1. The standard InChI is InChI=1S/C7H15Cl2N2O2P/c8-2-5-11(6-3-9)14(12)10-4-1-7-13-14/h1-7H2,(H,10,12)/i1D2,2D2,3D2,4D2,5D2,7D2/hD. The molecule has 7 heteroatoms. The molecule has 4 nitrogen and oxygen atoms in total. The van der Waals surface area contributed by atoms with E-state index in [-0.39, 0.29) is 4.67 Å². The minimum atomic E-state index is -5.63. The molecule has 0 amide bonds. The molecule has 0 saturated carbocycles. The Kier molecular flexibility index (Phi) is 1.62. The van der Waals surface area contributed by atoms with Gasteiger partial charge < -0.3 is 4.52 Å². The lowest BCUT2D eigenvalue weighted by atomic mass is 10.5. The molecule has 0 spiro atoms. The molecule has 84 valence electrons. The summed E-state index contributed by atoms with van der Waals surface area (Å²) in [5.41, 5.74) is 0. The van der Waals surface area contributed by atoms with Gasteiger partial charge in [-0.15, -0.1) is 23.2 Å². The van der Waals surface area contributed by atoms with Crippen LogP contribution in [0.4, 0.5) is 0 Å². The van der Waals surface area contributed by atoms with E-state index in [0.29, 0.717) is 0 Å². The smallest absolute Gasteiger partial charge is 0.306 e. The van der Waals surface area contributed by atoms with Crippen molar-refractivity contribution in [2.45, 2.75) is 6.37 Å². The Morgan fingerprint density at radius 1 is 1.71 bits per heavy atom. The van der Waals surface area contributed by atoms with Crippen LogP contribution in [0.3, 0.4) is 0 Å². The Morgan fingerprint density at radius 3 is 3.14 bits per heavy atom. The highest BCUT2D eigenvalue weighted by Crippen LogP contribution is 2.47. The number of hydrogen-bond donors (Lipinski definition) is 1. The van der Waals surface area contributed by atoms with Crippen LogP contribution < -0.4 is 5.08 Å². The molecular formula is C7H15Cl2N2O2P. The maximum atomic E-state index is 13.3. The number of rotatable bonds is 5. The van der Waals surface area contributed by atoms with E-state index < -0.39 is 56.9 Å². The maximum absolute atomic E-state index is 13.3. The van der Waals surface area contributed by atoms with Gasteiger partial charge in [0, 0.05) is 44.9 Å². The quantitative estimate of drug-likeness (QED) is 0.614. The van der Waals surface area contributed by atoms with Crippen molar-refractivity contribution in [1.29, 1.82) is 0 Å². The lowest BCUT2D eigenvalue weighted by molar-refractivity contribution is 0.233. The second-order valence-electron chi connectivity index (χ2n) is 1.92. The molecule has 1 N–H and O–H groups in total. The molecule has 0 aliphatic carbocycles. The summed E-state index contributed by atoms with van der Waals surface area (Å²) in [6.45, 7) is -12.5. The van der Waals surface area contributed by atoms with Gasteiger partial charge in [-0.25, -0.2) is 9.75 Å². The molecule has 0 radical (unpaired) electrons. The highest BCUT2D eigenvalue weighted by Gasteiger charge is 2.32. The normalized spacial score (nSPS) is 57.2. The number of nitrogens with zero attached hydrogens (tertiary/aromatic N) is 1. The second-order valence-corrected chi connectivity index (χ2v) is 4.22. The van der Waals surface area contributed by atoms with E-state index in [4.69, 9.17) is 41.1 Å². The van der Waals surface area contributed by atoms with Crippen molar-refractivity contribution >= 4 is 30.9 Å². The number of alkyl halides is 2. The fraction of sp³-hybridized carbons (Fsp3) is 1.00. The summed E-state index contributed by atoms with van der Waals surface area (Å²) in [7, 11) is -5.63. The van der Waals surface area contributed by atoms with Gasteiger partial charge in [0.2, 0.25) is 0 Å². The Bertz CT molecular complexity index is 635. The predicted octanol–water partition coefficient (Wildman–Crippen LogP) is 1.88. The summed E-state index contributed by atoms with van der Waals surface area (Å²) in [6.07, 6.45) is -3.58. The van der Waals surface area contributed by atoms with Crippen molar-refractivity contribution in [3.8, 4) is 0 Å². The van der Waals surface area contributed by atoms with Crippen LogP contribution in [0.25, 0.3) is 0 Å². The van der Waals surface area contributed by atoms with Crippen LogP contribution in [0, 0.1) is 0 Å². The fourth-order valence-corrected chi connectivity index (χ4v) is 1.99. The molecular weight excluding hydrogens is 246 g/mol. The second kappa shape index (κ2) is 6.31. The molecule has 1 saturated heterocycles. The first-order chi connectivity index (χ1) is 11.5. The third kappa shape index (κ3) is 3.37. The monoisotopic (exact) mass is 273 g/mol. The van der Waals surface area contributed by atoms with E-state index in [9.17, 15) is 4.57 Å². The van der Waals surface area contributed by atoms with Crippen LogP contribution in [0.5, 0.6) is 0 Å². The predicted molar refractivity (Wildman–Crippen MR) is 59.2 cm³/mol. The van der Waals surface area contributed by atoms with E-state index in [0.717, 1.165) is 0 Å². The van der Waals surface area contributed by atoms with Gasteiger partial charge in [0.25, 0.3) is 0 Å². The van der Waals surface area contributed by atoms with Gasteiger partial charge in [-0.05, 0) is 6.37 Å². The van der Waals surface area contributed by atoms with Crippen LogP contribution in [-0.2, 0) is 9.09 Å². The molecule has 1 atom stereocenters. The average Bonchev–Trinajstić information content (AvgIpc) is 2.39. The summed E-state index contributed by atoms with van der Waals surface area (Å²) in [5, 5.41) is -0.690. The number of nitrogens with one attached hydrogen (secondary N) is 1. The molecule has 1 heterocycles. The minimum Gasteiger partial charge on any atom is -0.306 e. The molecule has 0 bridgehead atoms. The van der Waals surface area contributed by atoms with Crippen LogP contribution in [0.1, 0.15) is 22.8 Å². The number of halogens is 2. The van der Waals surface area contributed by atoms with E-state index in [1.807, 2.05) is 0 Å². The van der Waals surface area contributed by atoms with Crippen molar-refractivity contribution in [1.82, 2.24) is 9.75 Å². The molecule has 0 aromatic heterocycles. The molecule has 0 aromatic carbocycles. The molecule has 1 fully saturated rings. The highest BCUT2D eigenvalue weighted by molar-refractivity contribution is 7.54. The first kappa shape index (κ1) is 3.59. The topological polar surface area (TPSA) is 41.6 Å². The molecule has 0 aromatic rings. The van der Waals surface area contributed by atoms with Crippen LogP contribution in [0.2, 0.25) is 1.41 Å². The summed E-state index contributed by atoms with van der Waals surface area (Å²) in [4.78, 5) is 0. The van der Waals surface area contributed by atoms with Crippen molar-refractivity contribution in [2.75, 3.05) is 37.8 Å². The zero-order valence-corrected chi connectivity index (χ0v) is 9.03. The third-order valence-corrected chi connectivity index (χ3v) is 2.87. The lowest BCUT2D eigenvalue weighted by Gasteiger charge is -2.33. The van der Waals surface area contributed by atoms with Gasteiger partial charge in [-0.3, -0.25) is 4.57 Å². The highest BCUT2D eigenvalue weighted by atomic mass is 35.5. The molecule has 1 unspecified atom stereocenters. The third-order valence-electron chi connectivity index (χ3n) is 1.13. The summed E-state index contributed by atoms with van der Waals surface area (Å²) in [6, 6.07) is 0. The minimum absolute atomic E-state index is 0.335. The Hall–Kier alpha value is 0.690. The van der Waals surface area contributed by atoms with Crippen LogP contribution in [-0.4, -0.2) is 42.4 Å². The van der Waals surface area contributed by atoms with Crippen molar-refractivity contribution in [3.63, 3.8) is 0 Å². The number of hydrogen-bond acceptors (Lipinski definition) is 2. The Balaban J connectivity index is 3.73. The maximum Gasteiger partial charge on any atom is 0.343 e. The van der Waals surface area contributed by atoms with Crippen molar-refractivity contribution < 1.29 is 26.9 Å². The zero-order valence-electron chi connectivity index (χ0n) is 19.6. The first-order valence-corrected chi connectivity index (χ1v) is 5.50. The molecule has 1 rings (SSSR count). The van der Waals surface area contributed by atoms with Crippen LogP contribution >= 0.6 is 30.9 Å². The average molecular weight is 274 g/mol. The fourth-order valence-electron chi connectivity index (χ4n) is 0.614. The molecule has 1 aliphatic rings. The van der Waals surface area contributed by atoms with E-state index >= 15 is 0 Å².